The number of hydrogen-bond donors (Lipinski definition) is 0. The van der Waals surface area contributed by atoms with Crippen LogP contribution in [-0.4, -0.2) is 9.97 Å². The normalized spacial score (nSPS) is 10.8. The first-order chi connectivity index (χ1) is 14.4. The molecule has 5 rings (SSSR count). The lowest BCUT2D eigenvalue weighted by atomic mass is 10.1. The Labute approximate surface area is 177 Å². The van der Waals surface area contributed by atoms with Crippen LogP contribution in [0.1, 0.15) is 0 Å². The fourth-order valence-corrected chi connectivity index (χ4v) is 4.81. The minimum absolute atomic E-state index is 0.873. The lowest BCUT2D eigenvalue weighted by Crippen LogP contribution is -2.15. The summed E-state index contributed by atoms with van der Waals surface area (Å²) in [6.45, 7) is 0. The monoisotopic (exact) mass is 411 g/mol. The van der Waals surface area contributed by atoms with Gasteiger partial charge in [-0.05, 0) is 59.3 Å². The number of anilines is 3. The van der Waals surface area contributed by atoms with Crippen LogP contribution < -0.4 is 4.90 Å². The van der Waals surface area contributed by atoms with Crippen LogP contribution in [0.25, 0.3) is 20.9 Å². The lowest BCUT2D eigenvalue weighted by Gasteiger charge is -2.26. The number of para-hydroxylation sites is 1. The van der Waals surface area contributed by atoms with E-state index in [0.717, 1.165) is 28.5 Å². The molecule has 0 saturated carbocycles. The van der Waals surface area contributed by atoms with E-state index in [1.807, 2.05) is 42.7 Å². The third-order valence-corrected chi connectivity index (χ3v) is 6.39. The van der Waals surface area contributed by atoms with Crippen molar-refractivity contribution in [2.45, 2.75) is 0 Å². The summed E-state index contributed by atoms with van der Waals surface area (Å²) in [6.07, 6.45) is 3.69. The highest BCUT2D eigenvalue weighted by molar-refractivity contribution is 7.13. The predicted molar refractivity (Wildman–Crippen MR) is 123 cm³/mol. The number of nitrogens with zero attached hydrogens (tertiary/aromatic N) is 3. The lowest BCUT2D eigenvalue weighted by molar-refractivity contribution is 1.13. The van der Waals surface area contributed by atoms with E-state index in [-0.39, 0.29) is 0 Å². The van der Waals surface area contributed by atoms with Gasteiger partial charge in [0, 0.05) is 39.0 Å². The fraction of sp³-hybridized carbons (Fsp3) is 0. The fourth-order valence-electron chi connectivity index (χ4n) is 3.32. The van der Waals surface area contributed by atoms with Gasteiger partial charge in [-0.3, -0.25) is 4.90 Å². The van der Waals surface area contributed by atoms with Crippen molar-refractivity contribution in [1.29, 1.82) is 0 Å². The third-order valence-electron chi connectivity index (χ3n) is 4.58. The first-order valence-electron chi connectivity index (χ1n) is 9.25. The summed E-state index contributed by atoms with van der Waals surface area (Å²) in [5.41, 5.74) is 3.21. The van der Waals surface area contributed by atoms with Gasteiger partial charge in [-0.15, -0.1) is 22.7 Å². The molecule has 0 unspecified atom stereocenters. The van der Waals surface area contributed by atoms with Gasteiger partial charge in [0.05, 0.1) is 0 Å². The molecule has 4 heterocycles. The van der Waals surface area contributed by atoms with Crippen molar-refractivity contribution in [1.82, 2.24) is 9.97 Å². The quantitative estimate of drug-likeness (QED) is 0.302. The van der Waals surface area contributed by atoms with Gasteiger partial charge < -0.3 is 0 Å². The second-order valence-corrected chi connectivity index (χ2v) is 8.27. The molecule has 0 atom stereocenters. The molecule has 0 radical (unpaired) electrons. The van der Waals surface area contributed by atoms with Gasteiger partial charge in [-0.25, -0.2) is 9.97 Å². The maximum Gasteiger partial charge on any atom is 0.147 e. The number of pyridine rings is 2. The largest absolute Gasteiger partial charge is 0.278 e. The van der Waals surface area contributed by atoms with Crippen LogP contribution in [0, 0.1) is 0 Å². The molecule has 5 heteroatoms. The van der Waals surface area contributed by atoms with E-state index in [1.54, 1.807) is 22.7 Å². The van der Waals surface area contributed by atoms with Crippen LogP contribution in [-0.2, 0) is 0 Å². The van der Waals surface area contributed by atoms with E-state index in [1.165, 1.54) is 9.75 Å². The Morgan fingerprint density at radius 2 is 1.10 bits per heavy atom. The standard InChI is InChI=1S/C24H17N3S2/c1-2-8-18(9-3-1)27(23-19(10-4-14-25-23)21-12-6-16-28-21)24-20(11-5-15-26-24)22-13-7-17-29-22/h1-17H. The molecule has 0 bridgehead atoms. The van der Waals surface area contributed by atoms with Gasteiger partial charge in [-0.2, -0.15) is 0 Å². The molecule has 1 aromatic carbocycles. The zero-order valence-corrected chi connectivity index (χ0v) is 17.1. The SMILES string of the molecule is c1ccc(N(c2ncccc2-c2cccs2)c2ncccc2-c2cccs2)cc1. The molecule has 0 saturated heterocycles. The molecule has 0 spiro atoms. The molecule has 0 amide bonds. The summed E-state index contributed by atoms with van der Waals surface area (Å²) in [7, 11) is 0. The minimum Gasteiger partial charge on any atom is -0.278 e. The number of hydrogen-bond acceptors (Lipinski definition) is 5. The van der Waals surface area contributed by atoms with Gasteiger partial charge in [0.2, 0.25) is 0 Å². The number of aromatic nitrogens is 2. The summed E-state index contributed by atoms with van der Waals surface area (Å²) in [5, 5.41) is 4.19. The highest BCUT2D eigenvalue weighted by atomic mass is 32.1. The van der Waals surface area contributed by atoms with Crippen LogP contribution in [0.15, 0.2) is 102 Å². The Morgan fingerprint density at radius 1 is 0.552 bits per heavy atom. The summed E-state index contributed by atoms with van der Waals surface area (Å²) in [6, 6.07) is 26.9. The summed E-state index contributed by atoms with van der Waals surface area (Å²) in [5.74, 6) is 1.75. The minimum atomic E-state index is 0.873. The average molecular weight is 412 g/mol. The molecule has 4 aromatic heterocycles. The Hall–Kier alpha value is -3.28. The highest BCUT2D eigenvalue weighted by Crippen LogP contribution is 2.43. The topological polar surface area (TPSA) is 29.0 Å². The first-order valence-corrected chi connectivity index (χ1v) is 11.0. The van der Waals surface area contributed by atoms with Gasteiger partial charge in [0.25, 0.3) is 0 Å². The van der Waals surface area contributed by atoms with Crippen molar-refractivity contribution < 1.29 is 0 Å². The second kappa shape index (κ2) is 7.99. The Kier molecular flexibility index (Phi) is 4.90. The number of benzene rings is 1. The Morgan fingerprint density at radius 3 is 1.59 bits per heavy atom. The van der Waals surface area contributed by atoms with Crippen molar-refractivity contribution in [2.24, 2.45) is 0 Å². The van der Waals surface area contributed by atoms with Crippen molar-refractivity contribution in [3.05, 3.63) is 102 Å². The first kappa shape index (κ1) is 17.8. The molecule has 0 fully saturated rings. The third kappa shape index (κ3) is 3.46. The van der Waals surface area contributed by atoms with Crippen LogP contribution in [0.5, 0.6) is 0 Å². The van der Waals surface area contributed by atoms with Gasteiger partial charge in [0.15, 0.2) is 0 Å². The molecule has 140 valence electrons. The van der Waals surface area contributed by atoms with E-state index in [9.17, 15) is 0 Å². The maximum atomic E-state index is 4.81. The van der Waals surface area contributed by atoms with Gasteiger partial charge in [-0.1, -0.05) is 30.3 Å². The highest BCUT2D eigenvalue weighted by Gasteiger charge is 2.22. The van der Waals surface area contributed by atoms with Crippen molar-refractivity contribution in [3.8, 4) is 20.9 Å². The van der Waals surface area contributed by atoms with Crippen molar-refractivity contribution in [3.63, 3.8) is 0 Å². The molecule has 0 aliphatic rings. The molecule has 3 nitrogen and oxygen atoms in total. The van der Waals surface area contributed by atoms with Crippen LogP contribution in [0.2, 0.25) is 0 Å². The van der Waals surface area contributed by atoms with E-state index >= 15 is 0 Å². The molecule has 5 aromatic rings. The second-order valence-electron chi connectivity index (χ2n) is 6.37. The zero-order valence-electron chi connectivity index (χ0n) is 15.5. The molecule has 0 N–H and O–H groups in total. The zero-order chi connectivity index (χ0) is 19.5. The summed E-state index contributed by atoms with van der Waals surface area (Å²) < 4.78 is 0. The predicted octanol–water partition coefficient (Wildman–Crippen LogP) is 7.40. The van der Waals surface area contributed by atoms with E-state index in [4.69, 9.17) is 9.97 Å². The molecular weight excluding hydrogens is 394 g/mol. The molecule has 29 heavy (non-hydrogen) atoms. The molecule has 0 aliphatic heterocycles. The van der Waals surface area contributed by atoms with Crippen LogP contribution in [0.4, 0.5) is 17.3 Å². The van der Waals surface area contributed by atoms with Crippen LogP contribution >= 0.6 is 22.7 Å². The molecule has 0 aliphatic carbocycles. The number of rotatable bonds is 5. The summed E-state index contributed by atoms with van der Waals surface area (Å²) >= 11 is 3.43. The smallest absolute Gasteiger partial charge is 0.147 e. The van der Waals surface area contributed by atoms with Crippen molar-refractivity contribution >= 4 is 40.0 Å². The van der Waals surface area contributed by atoms with E-state index in [0.29, 0.717) is 0 Å². The van der Waals surface area contributed by atoms with E-state index < -0.39 is 0 Å². The number of thiophene rings is 2. The Balaban J connectivity index is 1.77. The molecular formula is C24H17N3S2. The van der Waals surface area contributed by atoms with E-state index in [2.05, 4.69) is 64.2 Å². The summed E-state index contributed by atoms with van der Waals surface area (Å²) in [4.78, 5) is 14.1. The average Bonchev–Trinajstić information content (AvgIpc) is 3.50. The van der Waals surface area contributed by atoms with Crippen LogP contribution in [0.3, 0.4) is 0 Å². The van der Waals surface area contributed by atoms with Gasteiger partial charge >= 0.3 is 0 Å². The maximum absolute atomic E-state index is 4.81. The van der Waals surface area contributed by atoms with Crippen molar-refractivity contribution in [2.75, 3.05) is 4.90 Å². The Bertz CT molecular complexity index is 1120. The van der Waals surface area contributed by atoms with Gasteiger partial charge in [0.1, 0.15) is 11.6 Å².